The normalized spacial score (nSPS) is 10.5. The first-order valence-electron chi connectivity index (χ1n) is 7.19. The average molecular weight is 328 g/mol. The van der Waals surface area contributed by atoms with Gasteiger partial charge in [-0.25, -0.2) is 0 Å². The van der Waals surface area contributed by atoms with E-state index in [1.54, 1.807) is 6.07 Å². The standard InChI is InChI=1S/C15H21N3O3.ClH/c1-3-10(4-2)14-6-13(21-18-14)8-17-15(19)11-5-12(7-16)20-9-11;/h5-6,9-10H,3-4,7-8,16H2,1-2H3,(H,17,19);1H. The number of carbonyl (C=O) groups excluding carboxylic acids is 1. The van der Waals surface area contributed by atoms with Gasteiger partial charge >= 0.3 is 0 Å². The summed E-state index contributed by atoms with van der Waals surface area (Å²) < 4.78 is 10.4. The van der Waals surface area contributed by atoms with E-state index in [1.807, 2.05) is 6.07 Å². The number of amides is 1. The van der Waals surface area contributed by atoms with Gasteiger partial charge in [-0.05, 0) is 18.9 Å². The highest BCUT2D eigenvalue weighted by atomic mass is 35.5. The van der Waals surface area contributed by atoms with Gasteiger partial charge in [-0.2, -0.15) is 0 Å². The van der Waals surface area contributed by atoms with Crippen LogP contribution in [0.2, 0.25) is 0 Å². The SMILES string of the molecule is CCC(CC)c1cc(CNC(=O)c2coc(CN)c2)on1.Cl. The number of nitrogens with one attached hydrogen (secondary N) is 1. The van der Waals surface area contributed by atoms with Crippen LogP contribution in [0.15, 0.2) is 27.3 Å². The fourth-order valence-corrected chi connectivity index (χ4v) is 2.19. The van der Waals surface area contributed by atoms with Crippen molar-refractivity contribution < 1.29 is 13.7 Å². The van der Waals surface area contributed by atoms with Gasteiger partial charge < -0.3 is 20.0 Å². The molecule has 0 atom stereocenters. The molecule has 1 amide bonds. The van der Waals surface area contributed by atoms with Crippen molar-refractivity contribution in [3.05, 3.63) is 41.2 Å². The molecule has 2 rings (SSSR count). The topological polar surface area (TPSA) is 94.3 Å². The van der Waals surface area contributed by atoms with Crippen molar-refractivity contribution in [2.24, 2.45) is 5.73 Å². The number of rotatable bonds is 7. The Morgan fingerprint density at radius 1 is 1.32 bits per heavy atom. The third-order valence-corrected chi connectivity index (χ3v) is 3.52. The van der Waals surface area contributed by atoms with E-state index in [0.717, 1.165) is 18.5 Å². The Kier molecular flexibility index (Phi) is 7.14. The van der Waals surface area contributed by atoms with Crippen molar-refractivity contribution in [2.75, 3.05) is 0 Å². The summed E-state index contributed by atoms with van der Waals surface area (Å²) in [6, 6.07) is 3.53. The first kappa shape index (κ1) is 18.3. The predicted octanol–water partition coefficient (Wildman–Crippen LogP) is 2.98. The molecule has 0 fully saturated rings. The van der Waals surface area contributed by atoms with Gasteiger partial charge in [0.15, 0.2) is 5.76 Å². The maximum Gasteiger partial charge on any atom is 0.254 e. The van der Waals surface area contributed by atoms with Gasteiger partial charge in [-0.1, -0.05) is 19.0 Å². The fraction of sp³-hybridized carbons (Fsp3) is 0.467. The lowest BCUT2D eigenvalue weighted by atomic mass is 9.99. The van der Waals surface area contributed by atoms with Crippen LogP contribution in [0, 0.1) is 0 Å². The van der Waals surface area contributed by atoms with Crippen molar-refractivity contribution in [1.29, 1.82) is 0 Å². The Morgan fingerprint density at radius 2 is 2.05 bits per heavy atom. The first-order chi connectivity index (χ1) is 10.2. The minimum Gasteiger partial charge on any atom is -0.467 e. The van der Waals surface area contributed by atoms with Crippen LogP contribution in [-0.2, 0) is 13.1 Å². The van der Waals surface area contributed by atoms with Gasteiger partial charge in [-0.3, -0.25) is 4.79 Å². The molecule has 22 heavy (non-hydrogen) atoms. The molecule has 3 N–H and O–H groups in total. The van der Waals surface area contributed by atoms with Crippen LogP contribution in [0.1, 0.15) is 60.2 Å². The second-order valence-corrected chi connectivity index (χ2v) is 4.92. The van der Waals surface area contributed by atoms with Crippen LogP contribution in [0.25, 0.3) is 0 Å². The Hall–Kier alpha value is -1.79. The Bertz CT molecular complexity index is 590. The van der Waals surface area contributed by atoms with Crippen LogP contribution in [0.4, 0.5) is 0 Å². The van der Waals surface area contributed by atoms with E-state index in [1.165, 1.54) is 6.26 Å². The minimum atomic E-state index is -0.223. The lowest BCUT2D eigenvalue weighted by molar-refractivity contribution is 0.0946. The largest absolute Gasteiger partial charge is 0.467 e. The van der Waals surface area contributed by atoms with Gasteiger partial charge in [0.2, 0.25) is 0 Å². The highest BCUT2D eigenvalue weighted by molar-refractivity contribution is 5.93. The van der Waals surface area contributed by atoms with Crippen LogP contribution in [-0.4, -0.2) is 11.1 Å². The molecule has 0 aromatic carbocycles. The smallest absolute Gasteiger partial charge is 0.254 e. The maximum absolute atomic E-state index is 11.9. The molecule has 0 aliphatic carbocycles. The molecule has 0 saturated heterocycles. The van der Waals surface area contributed by atoms with Crippen LogP contribution < -0.4 is 11.1 Å². The van der Waals surface area contributed by atoms with E-state index in [-0.39, 0.29) is 24.9 Å². The molecular weight excluding hydrogens is 306 g/mol. The summed E-state index contributed by atoms with van der Waals surface area (Å²) >= 11 is 0. The van der Waals surface area contributed by atoms with Gasteiger partial charge in [0.1, 0.15) is 12.0 Å². The molecule has 2 aromatic rings. The molecule has 2 aromatic heterocycles. The minimum absolute atomic E-state index is 0. The van der Waals surface area contributed by atoms with Crippen molar-refractivity contribution in [1.82, 2.24) is 10.5 Å². The molecule has 0 aliphatic heterocycles. The number of carbonyl (C=O) groups is 1. The van der Waals surface area contributed by atoms with Crippen molar-refractivity contribution in [3.8, 4) is 0 Å². The first-order valence-corrected chi connectivity index (χ1v) is 7.19. The van der Waals surface area contributed by atoms with Gasteiger partial charge in [0, 0.05) is 12.0 Å². The molecule has 0 aliphatic rings. The van der Waals surface area contributed by atoms with Gasteiger partial charge in [0.05, 0.1) is 24.3 Å². The van der Waals surface area contributed by atoms with E-state index in [0.29, 0.717) is 29.5 Å². The molecule has 7 heteroatoms. The quantitative estimate of drug-likeness (QED) is 0.815. The fourth-order valence-electron chi connectivity index (χ4n) is 2.19. The zero-order valence-electron chi connectivity index (χ0n) is 12.8. The van der Waals surface area contributed by atoms with E-state index in [2.05, 4.69) is 24.3 Å². The molecule has 6 nitrogen and oxygen atoms in total. The highest BCUT2D eigenvalue weighted by Crippen LogP contribution is 2.22. The zero-order valence-corrected chi connectivity index (χ0v) is 13.6. The summed E-state index contributed by atoms with van der Waals surface area (Å²) in [4.78, 5) is 11.9. The number of nitrogens with zero attached hydrogens (tertiary/aromatic N) is 1. The second-order valence-electron chi connectivity index (χ2n) is 4.92. The third kappa shape index (κ3) is 4.35. The Balaban J connectivity index is 0.00000242. The Labute approximate surface area is 135 Å². The molecule has 0 radical (unpaired) electrons. The zero-order chi connectivity index (χ0) is 15.2. The maximum atomic E-state index is 11.9. The van der Waals surface area contributed by atoms with Crippen molar-refractivity contribution in [2.45, 2.75) is 45.7 Å². The van der Waals surface area contributed by atoms with E-state index in [4.69, 9.17) is 14.7 Å². The number of aromatic nitrogens is 1. The lowest BCUT2D eigenvalue weighted by Crippen LogP contribution is -2.22. The second kappa shape index (κ2) is 8.60. The average Bonchev–Trinajstić information content (AvgIpc) is 3.15. The number of halogens is 1. The summed E-state index contributed by atoms with van der Waals surface area (Å²) in [5.41, 5.74) is 6.83. The number of furan rings is 1. The van der Waals surface area contributed by atoms with Gasteiger partial charge in [0.25, 0.3) is 5.91 Å². The molecule has 0 saturated carbocycles. The number of hydrogen-bond donors (Lipinski definition) is 2. The number of hydrogen-bond acceptors (Lipinski definition) is 5. The molecule has 0 spiro atoms. The van der Waals surface area contributed by atoms with Crippen molar-refractivity contribution in [3.63, 3.8) is 0 Å². The summed E-state index contributed by atoms with van der Waals surface area (Å²) in [7, 11) is 0. The van der Waals surface area contributed by atoms with E-state index in [9.17, 15) is 4.79 Å². The van der Waals surface area contributed by atoms with Crippen LogP contribution in [0.3, 0.4) is 0 Å². The molecule has 0 unspecified atom stereocenters. The van der Waals surface area contributed by atoms with E-state index < -0.39 is 0 Å². The summed E-state index contributed by atoms with van der Waals surface area (Å²) in [5, 5.41) is 6.83. The monoisotopic (exact) mass is 327 g/mol. The molecular formula is C15H22ClN3O3. The van der Waals surface area contributed by atoms with Crippen LogP contribution >= 0.6 is 12.4 Å². The summed E-state index contributed by atoms with van der Waals surface area (Å²) in [6.07, 6.45) is 3.44. The Morgan fingerprint density at radius 3 is 2.64 bits per heavy atom. The number of nitrogens with two attached hydrogens (primary N) is 1. The van der Waals surface area contributed by atoms with Crippen LogP contribution in [0.5, 0.6) is 0 Å². The molecule has 0 bridgehead atoms. The molecule has 122 valence electrons. The van der Waals surface area contributed by atoms with E-state index >= 15 is 0 Å². The lowest BCUT2D eigenvalue weighted by Gasteiger charge is -2.05. The molecule has 2 heterocycles. The summed E-state index contributed by atoms with van der Waals surface area (Å²) in [6.45, 7) is 4.82. The highest BCUT2D eigenvalue weighted by Gasteiger charge is 2.14. The summed E-state index contributed by atoms with van der Waals surface area (Å²) in [5.74, 6) is 1.40. The van der Waals surface area contributed by atoms with Gasteiger partial charge in [-0.15, -0.1) is 12.4 Å². The third-order valence-electron chi connectivity index (χ3n) is 3.52. The predicted molar refractivity (Wildman–Crippen MR) is 84.8 cm³/mol. The van der Waals surface area contributed by atoms with Crippen molar-refractivity contribution >= 4 is 18.3 Å².